The second-order valence-corrected chi connectivity index (χ2v) is 10.1. The van der Waals surface area contributed by atoms with E-state index in [9.17, 15) is 0 Å². The molecule has 0 saturated carbocycles. The van der Waals surface area contributed by atoms with Crippen LogP contribution < -0.4 is 4.74 Å². The van der Waals surface area contributed by atoms with Crippen molar-refractivity contribution >= 4 is 22.1 Å². The van der Waals surface area contributed by atoms with Crippen LogP contribution >= 0.6 is 0 Å². The zero-order chi connectivity index (χ0) is 27.0. The molecule has 0 fully saturated rings. The van der Waals surface area contributed by atoms with Crippen molar-refractivity contribution in [2.75, 3.05) is 7.11 Å². The highest BCUT2D eigenvalue weighted by Gasteiger charge is 2.46. The quantitative estimate of drug-likeness (QED) is 0.169. The predicted octanol–water partition coefficient (Wildman–Crippen LogP) is 6.81. The lowest BCUT2D eigenvalue weighted by atomic mass is 9.61. The summed E-state index contributed by atoms with van der Waals surface area (Å²) in [4.78, 5) is 0. The van der Waals surface area contributed by atoms with Crippen LogP contribution in [0.25, 0.3) is 22.1 Å². The van der Waals surface area contributed by atoms with Crippen molar-refractivity contribution in [2.24, 2.45) is 0 Å². The predicted molar refractivity (Wildman–Crippen MR) is 153 cm³/mol. The summed E-state index contributed by atoms with van der Waals surface area (Å²) < 4.78 is 6.30. The van der Waals surface area contributed by atoms with Crippen molar-refractivity contribution < 1.29 is 4.74 Å². The van der Waals surface area contributed by atoms with Gasteiger partial charge in [-0.05, 0) is 74.4 Å². The van der Waals surface area contributed by atoms with Crippen LogP contribution in [0.5, 0.6) is 5.75 Å². The summed E-state index contributed by atoms with van der Waals surface area (Å²) in [6.45, 7) is 15.8. The first-order chi connectivity index (χ1) is 18.4. The van der Waals surface area contributed by atoms with Gasteiger partial charge in [-0.3, -0.25) is 0 Å². The van der Waals surface area contributed by atoms with Crippen LogP contribution in [0.2, 0.25) is 0 Å². The van der Waals surface area contributed by atoms with E-state index in [4.69, 9.17) is 11.3 Å². The Morgan fingerprint density at radius 2 is 1.42 bits per heavy atom. The van der Waals surface area contributed by atoms with Gasteiger partial charge in [0.25, 0.3) is 0 Å². The number of fused-ring (bicyclic) bond motifs is 2. The summed E-state index contributed by atoms with van der Waals surface area (Å²) in [5.41, 5.74) is 11.5. The largest absolute Gasteiger partial charge is 0.496 e. The molecule has 5 rings (SSSR count). The molecule has 0 aliphatic heterocycles. The maximum Gasteiger partial charge on any atom is 0.127 e. The van der Waals surface area contributed by atoms with Crippen LogP contribution in [-0.4, -0.2) is 37.9 Å². The molecule has 0 atom stereocenters. The number of para-hydroxylation sites is 2. The number of benzene rings is 3. The molecule has 0 spiro atoms. The van der Waals surface area contributed by atoms with Gasteiger partial charge >= 0.3 is 0 Å². The second kappa shape index (κ2) is 10.0. The zero-order valence-corrected chi connectivity index (χ0v) is 23.2. The third-order valence-corrected chi connectivity index (χ3v) is 8.23. The van der Waals surface area contributed by atoms with E-state index in [-0.39, 0.29) is 0 Å². The molecule has 7 heteroatoms. The zero-order valence-electron chi connectivity index (χ0n) is 23.2. The third-order valence-electron chi connectivity index (χ3n) is 8.23. The molecule has 5 aromatic rings. The fraction of sp³-hybridized carbons (Fsp3) is 0.355. The highest BCUT2D eigenvalue weighted by Crippen LogP contribution is 2.54. The normalized spacial score (nSPS) is 11.9. The number of hydrogen-bond acceptors (Lipinski definition) is 5. The van der Waals surface area contributed by atoms with Crippen molar-refractivity contribution in [3.8, 4) is 5.75 Å². The molecule has 0 aliphatic carbocycles. The average Bonchev–Trinajstić information content (AvgIpc) is 3.62. The first kappa shape index (κ1) is 25.6. The Morgan fingerprint density at radius 1 is 0.842 bits per heavy atom. The molecule has 2 aromatic heterocycles. The fourth-order valence-electron chi connectivity index (χ4n) is 6.20. The van der Waals surface area contributed by atoms with Crippen LogP contribution in [0.15, 0.2) is 48.6 Å². The molecule has 2 N–H and O–H groups in total. The van der Waals surface area contributed by atoms with Crippen molar-refractivity contribution in [3.63, 3.8) is 0 Å². The topological polar surface area (TPSA) is 92.4 Å². The number of aromatic nitrogens is 6. The van der Waals surface area contributed by atoms with Gasteiger partial charge in [0.05, 0.1) is 12.5 Å². The first-order valence-electron chi connectivity index (χ1n) is 13.4. The summed E-state index contributed by atoms with van der Waals surface area (Å²) >= 11 is 0. The van der Waals surface area contributed by atoms with E-state index in [1.165, 1.54) is 16.7 Å². The van der Waals surface area contributed by atoms with E-state index in [1.54, 1.807) is 7.11 Å². The molecule has 196 valence electrons. The fourth-order valence-corrected chi connectivity index (χ4v) is 6.20. The molecule has 0 amide bonds. The average molecular weight is 509 g/mol. The summed E-state index contributed by atoms with van der Waals surface area (Å²) in [5.74, 6) is 0.871. The minimum absolute atomic E-state index is 0.738. The number of allylic oxidation sites excluding steroid dienone is 1. The van der Waals surface area contributed by atoms with Crippen LogP contribution in [0.4, 0.5) is 0 Å². The lowest BCUT2D eigenvalue weighted by Gasteiger charge is -2.41. The molecule has 38 heavy (non-hydrogen) atoms. The Balaban J connectivity index is 2.07. The molecule has 3 aromatic carbocycles. The number of nitrogens with zero attached hydrogens (tertiary/aromatic N) is 4. The third kappa shape index (κ3) is 3.63. The maximum atomic E-state index is 6.30. The highest BCUT2D eigenvalue weighted by atomic mass is 16.5. The number of hydrogen-bond donors (Lipinski definition) is 2. The maximum absolute atomic E-state index is 6.30. The van der Waals surface area contributed by atoms with Gasteiger partial charge < -0.3 is 4.74 Å². The van der Waals surface area contributed by atoms with Gasteiger partial charge in [0, 0.05) is 16.7 Å². The van der Waals surface area contributed by atoms with Crippen LogP contribution in [-0.2, 0) is 11.8 Å². The molecule has 2 heterocycles. The minimum Gasteiger partial charge on any atom is -0.496 e. The summed E-state index contributed by atoms with van der Waals surface area (Å²) in [7, 11) is 1.77. The standard InChI is InChI=1S/C31H36N6O/c1-8-10-13-22-19(4)20(5)30(38-7)27(21(22)6)31(18(3)9-2,23-14-11-16-25-28(23)34-36-32-25)24-15-12-17-26-29(24)35-37-33-26/h11-12,14-17H,3,8-10,13H2,1-2,4-7H3,(H,32,34,36)(H,33,35,37). The van der Waals surface area contributed by atoms with Gasteiger partial charge in [-0.15, -0.1) is 0 Å². The van der Waals surface area contributed by atoms with E-state index in [0.717, 1.165) is 81.3 Å². The number of nitrogens with one attached hydrogen (secondary N) is 2. The molecular formula is C31H36N6O. The van der Waals surface area contributed by atoms with Gasteiger partial charge in [0.15, 0.2) is 0 Å². The summed E-state index contributed by atoms with van der Waals surface area (Å²) in [5, 5.41) is 23.9. The second-order valence-electron chi connectivity index (χ2n) is 10.1. The molecule has 0 aliphatic rings. The van der Waals surface area contributed by atoms with E-state index < -0.39 is 5.41 Å². The SMILES string of the molecule is C=C(CC)C(c1c(C)c(CCCC)c(C)c(C)c1OC)(c1cccc2n[nH]nc12)c1cccc2n[nH]nc12. The highest BCUT2D eigenvalue weighted by molar-refractivity contribution is 5.88. The Kier molecular flexibility index (Phi) is 6.78. The Labute approximate surface area is 223 Å². The smallest absolute Gasteiger partial charge is 0.127 e. The number of rotatable bonds is 9. The van der Waals surface area contributed by atoms with Crippen molar-refractivity contribution in [3.05, 3.63) is 87.5 Å². The molecule has 0 bridgehead atoms. The number of ether oxygens (including phenoxy) is 1. The van der Waals surface area contributed by atoms with E-state index >= 15 is 0 Å². The van der Waals surface area contributed by atoms with Crippen LogP contribution in [0, 0.1) is 20.8 Å². The van der Waals surface area contributed by atoms with Gasteiger partial charge in [-0.2, -0.15) is 30.8 Å². The Hall–Kier alpha value is -4.00. The number of unbranched alkanes of at least 4 members (excludes halogenated alkanes) is 1. The van der Waals surface area contributed by atoms with Gasteiger partial charge in [-0.25, -0.2) is 0 Å². The summed E-state index contributed by atoms with van der Waals surface area (Å²) in [6, 6.07) is 12.3. The lowest BCUT2D eigenvalue weighted by Crippen LogP contribution is -2.34. The van der Waals surface area contributed by atoms with Crippen molar-refractivity contribution in [1.29, 1.82) is 0 Å². The number of methoxy groups -OCH3 is 1. The molecule has 7 nitrogen and oxygen atoms in total. The van der Waals surface area contributed by atoms with Crippen LogP contribution in [0.1, 0.15) is 72.1 Å². The Morgan fingerprint density at radius 3 is 1.92 bits per heavy atom. The lowest BCUT2D eigenvalue weighted by molar-refractivity contribution is 0.399. The molecule has 0 unspecified atom stereocenters. The van der Waals surface area contributed by atoms with Gasteiger partial charge in [0.1, 0.15) is 27.8 Å². The molecule has 0 radical (unpaired) electrons. The van der Waals surface area contributed by atoms with Gasteiger partial charge in [0.2, 0.25) is 0 Å². The van der Waals surface area contributed by atoms with E-state index in [2.05, 4.69) is 77.6 Å². The minimum atomic E-state index is -0.823. The van der Waals surface area contributed by atoms with Crippen LogP contribution in [0.3, 0.4) is 0 Å². The molecular weight excluding hydrogens is 472 g/mol. The number of aromatic amines is 2. The first-order valence-corrected chi connectivity index (χ1v) is 13.4. The monoisotopic (exact) mass is 508 g/mol. The number of H-pyrrole nitrogens is 2. The molecule has 0 saturated heterocycles. The van der Waals surface area contributed by atoms with E-state index in [1.807, 2.05) is 24.3 Å². The van der Waals surface area contributed by atoms with E-state index in [0.29, 0.717) is 0 Å². The van der Waals surface area contributed by atoms with Gasteiger partial charge in [-0.1, -0.05) is 56.7 Å². The van der Waals surface area contributed by atoms with Crippen molar-refractivity contribution in [2.45, 2.75) is 65.7 Å². The summed E-state index contributed by atoms with van der Waals surface area (Å²) in [6.07, 6.45) is 3.99. The van der Waals surface area contributed by atoms with Crippen molar-refractivity contribution in [1.82, 2.24) is 30.8 Å². The Bertz CT molecular complexity index is 1570.